The summed E-state index contributed by atoms with van der Waals surface area (Å²) in [5, 5.41) is 3.83. The number of carbonyl (C=O) groups excluding carboxylic acids is 1. The molecule has 1 aromatic carbocycles. The highest BCUT2D eigenvalue weighted by atomic mass is 16.6. The van der Waals surface area contributed by atoms with Crippen LogP contribution in [0.15, 0.2) is 35.5 Å². The van der Waals surface area contributed by atoms with Crippen molar-refractivity contribution in [2.45, 2.75) is 20.1 Å². The van der Waals surface area contributed by atoms with E-state index in [1.807, 2.05) is 30.3 Å². The Kier molecular flexibility index (Phi) is 4.51. The molecular weight excluding hydrogens is 204 g/mol. The van der Waals surface area contributed by atoms with E-state index >= 15 is 0 Å². The van der Waals surface area contributed by atoms with E-state index in [2.05, 4.69) is 5.16 Å². The van der Waals surface area contributed by atoms with Crippen molar-refractivity contribution >= 4 is 12.1 Å². The molecule has 4 nitrogen and oxygen atoms in total. The van der Waals surface area contributed by atoms with Gasteiger partial charge in [0.2, 0.25) is 5.91 Å². The third-order valence-electron chi connectivity index (χ3n) is 2.26. The molecule has 1 amide bonds. The van der Waals surface area contributed by atoms with Gasteiger partial charge in [0.25, 0.3) is 0 Å². The van der Waals surface area contributed by atoms with Gasteiger partial charge in [-0.15, -0.1) is 0 Å². The Morgan fingerprint density at radius 3 is 2.62 bits per heavy atom. The molecule has 0 aliphatic carbocycles. The Labute approximate surface area is 95.5 Å². The fourth-order valence-corrected chi connectivity index (χ4v) is 1.05. The van der Waals surface area contributed by atoms with E-state index in [4.69, 9.17) is 4.84 Å². The summed E-state index contributed by atoms with van der Waals surface area (Å²) in [6.45, 7) is 3.25. The highest BCUT2D eigenvalue weighted by Crippen LogP contribution is 1.99. The van der Waals surface area contributed by atoms with E-state index in [0.29, 0.717) is 0 Å². The van der Waals surface area contributed by atoms with Crippen molar-refractivity contribution in [3.63, 3.8) is 0 Å². The maximum atomic E-state index is 11.0. The zero-order chi connectivity index (χ0) is 12.0. The van der Waals surface area contributed by atoms with Crippen LogP contribution in [0.3, 0.4) is 0 Å². The first-order chi connectivity index (χ1) is 7.61. The van der Waals surface area contributed by atoms with E-state index in [-0.39, 0.29) is 12.1 Å². The number of amides is 1. The number of nitrogens with zero attached hydrogens (tertiary/aromatic N) is 2. The highest BCUT2D eigenvalue weighted by Gasteiger charge is 2.11. The smallest absolute Gasteiger partial charge is 0.222 e. The summed E-state index contributed by atoms with van der Waals surface area (Å²) in [6, 6.07) is 9.63. The number of oxime groups is 1. The molecule has 0 bridgehead atoms. The van der Waals surface area contributed by atoms with Gasteiger partial charge >= 0.3 is 0 Å². The van der Waals surface area contributed by atoms with Gasteiger partial charge in [-0.25, -0.2) is 0 Å². The highest BCUT2D eigenvalue weighted by molar-refractivity contribution is 5.78. The predicted octanol–water partition coefficient (Wildman–Crippen LogP) is 1.86. The first kappa shape index (κ1) is 12.2. The minimum absolute atomic E-state index is 0.0533. The summed E-state index contributed by atoms with van der Waals surface area (Å²) in [4.78, 5) is 17.6. The molecule has 0 N–H and O–H groups in total. The second-order valence-corrected chi connectivity index (χ2v) is 3.48. The second-order valence-electron chi connectivity index (χ2n) is 3.48. The molecule has 1 aromatic rings. The fourth-order valence-electron chi connectivity index (χ4n) is 1.05. The number of benzene rings is 1. The van der Waals surface area contributed by atoms with Crippen LogP contribution in [0.2, 0.25) is 0 Å². The number of rotatable bonds is 4. The van der Waals surface area contributed by atoms with E-state index in [1.54, 1.807) is 20.2 Å². The molecule has 0 aliphatic heterocycles. The van der Waals surface area contributed by atoms with Crippen molar-refractivity contribution in [1.29, 1.82) is 0 Å². The van der Waals surface area contributed by atoms with Gasteiger partial charge in [0.15, 0.2) is 6.23 Å². The lowest BCUT2D eigenvalue weighted by Crippen LogP contribution is -2.34. The lowest BCUT2D eigenvalue weighted by molar-refractivity contribution is -0.139. The monoisotopic (exact) mass is 220 g/mol. The number of hydrogen-bond acceptors (Lipinski definition) is 3. The van der Waals surface area contributed by atoms with Crippen LogP contribution in [0.5, 0.6) is 0 Å². The van der Waals surface area contributed by atoms with E-state index in [0.717, 1.165) is 5.56 Å². The first-order valence-electron chi connectivity index (χ1n) is 5.09. The summed E-state index contributed by atoms with van der Waals surface area (Å²) in [5.41, 5.74) is 0.958. The van der Waals surface area contributed by atoms with Gasteiger partial charge < -0.3 is 9.74 Å². The van der Waals surface area contributed by atoms with Gasteiger partial charge in [-0.1, -0.05) is 35.5 Å². The van der Waals surface area contributed by atoms with Crippen LogP contribution in [-0.4, -0.2) is 30.3 Å². The molecule has 0 aliphatic rings. The van der Waals surface area contributed by atoms with Gasteiger partial charge in [-0.3, -0.25) is 4.79 Å². The standard InChI is InChI=1S/C12H16N2O2/c1-10(15)14(3)11(2)16-13-9-12-7-5-4-6-8-12/h4-9,11H,1-3H3/b13-9+. The molecular formula is C12H16N2O2. The van der Waals surface area contributed by atoms with Gasteiger partial charge in [0, 0.05) is 14.0 Å². The van der Waals surface area contributed by atoms with E-state index < -0.39 is 0 Å². The lowest BCUT2D eigenvalue weighted by Gasteiger charge is -2.20. The Morgan fingerprint density at radius 2 is 2.06 bits per heavy atom. The van der Waals surface area contributed by atoms with Crippen molar-refractivity contribution in [2.24, 2.45) is 5.16 Å². The Bertz CT molecular complexity index is 363. The van der Waals surface area contributed by atoms with Crippen LogP contribution >= 0.6 is 0 Å². The average Bonchev–Trinajstić information content (AvgIpc) is 2.29. The van der Waals surface area contributed by atoms with Crippen molar-refractivity contribution in [3.05, 3.63) is 35.9 Å². The molecule has 16 heavy (non-hydrogen) atoms. The summed E-state index contributed by atoms with van der Waals surface area (Å²) in [7, 11) is 1.67. The minimum atomic E-state index is -0.363. The summed E-state index contributed by atoms with van der Waals surface area (Å²) in [5.74, 6) is -0.0533. The zero-order valence-corrected chi connectivity index (χ0v) is 9.75. The quantitative estimate of drug-likeness (QED) is 0.441. The fraction of sp³-hybridized carbons (Fsp3) is 0.333. The maximum absolute atomic E-state index is 11.0. The van der Waals surface area contributed by atoms with Crippen LogP contribution in [0, 0.1) is 0 Å². The molecule has 1 atom stereocenters. The van der Waals surface area contributed by atoms with Crippen LogP contribution in [-0.2, 0) is 9.63 Å². The van der Waals surface area contributed by atoms with Crippen molar-refractivity contribution in [3.8, 4) is 0 Å². The van der Waals surface area contributed by atoms with Crippen molar-refractivity contribution in [1.82, 2.24) is 4.90 Å². The predicted molar refractivity (Wildman–Crippen MR) is 63.0 cm³/mol. The molecule has 1 rings (SSSR count). The van der Waals surface area contributed by atoms with Crippen LogP contribution in [0.25, 0.3) is 0 Å². The molecule has 1 unspecified atom stereocenters. The third-order valence-corrected chi connectivity index (χ3v) is 2.26. The number of carbonyl (C=O) groups is 1. The minimum Gasteiger partial charge on any atom is -0.371 e. The summed E-state index contributed by atoms with van der Waals surface area (Å²) < 4.78 is 0. The van der Waals surface area contributed by atoms with Crippen LogP contribution < -0.4 is 0 Å². The van der Waals surface area contributed by atoms with Crippen LogP contribution in [0.4, 0.5) is 0 Å². The van der Waals surface area contributed by atoms with Gasteiger partial charge in [0.05, 0.1) is 6.21 Å². The number of hydrogen-bond donors (Lipinski definition) is 0. The molecule has 0 aromatic heterocycles. The SMILES string of the molecule is CC(=O)N(C)C(C)O/N=C/c1ccccc1. The Hall–Kier alpha value is -1.84. The van der Waals surface area contributed by atoms with Gasteiger partial charge in [0.1, 0.15) is 0 Å². The molecule has 0 fully saturated rings. The normalized spacial score (nSPS) is 12.4. The van der Waals surface area contributed by atoms with E-state index in [9.17, 15) is 4.79 Å². The first-order valence-corrected chi connectivity index (χ1v) is 5.09. The third kappa shape index (κ3) is 3.73. The van der Waals surface area contributed by atoms with E-state index in [1.165, 1.54) is 11.8 Å². The zero-order valence-electron chi connectivity index (χ0n) is 9.75. The molecule has 0 saturated heterocycles. The molecule has 0 spiro atoms. The Morgan fingerprint density at radius 1 is 1.44 bits per heavy atom. The van der Waals surface area contributed by atoms with Gasteiger partial charge in [-0.05, 0) is 12.5 Å². The van der Waals surface area contributed by atoms with Crippen LogP contribution in [0.1, 0.15) is 19.4 Å². The summed E-state index contributed by atoms with van der Waals surface area (Å²) in [6.07, 6.45) is 1.25. The Balaban J connectivity index is 2.46. The molecule has 0 heterocycles. The topological polar surface area (TPSA) is 41.9 Å². The summed E-state index contributed by atoms with van der Waals surface area (Å²) >= 11 is 0. The van der Waals surface area contributed by atoms with Gasteiger partial charge in [-0.2, -0.15) is 0 Å². The van der Waals surface area contributed by atoms with Crippen molar-refractivity contribution in [2.75, 3.05) is 7.05 Å². The largest absolute Gasteiger partial charge is 0.371 e. The molecule has 0 radical (unpaired) electrons. The molecule has 0 saturated carbocycles. The average molecular weight is 220 g/mol. The van der Waals surface area contributed by atoms with Crippen molar-refractivity contribution < 1.29 is 9.63 Å². The molecule has 86 valence electrons. The second kappa shape index (κ2) is 5.90. The maximum Gasteiger partial charge on any atom is 0.222 e. The molecule has 4 heteroatoms. The lowest BCUT2D eigenvalue weighted by atomic mass is 10.2.